The number of nitrogens with zero attached hydrogens (tertiary/aromatic N) is 3. The highest BCUT2D eigenvalue weighted by molar-refractivity contribution is 9.10. The summed E-state index contributed by atoms with van der Waals surface area (Å²) in [6, 6.07) is 5.68. The van der Waals surface area contributed by atoms with E-state index in [0.717, 1.165) is 21.1 Å². The molecular weight excluding hydrogens is 272 g/mol. The van der Waals surface area contributed by atoms with E-state index in [2.05, 4.69) is 36.3 Å². The Hall–Kier alpha value is -1.89. The Kier molecular flexibility index (Phi) is 2.86. The quantitative estimate of drug-likeness (QED) is 0.433. The highest BCUT2D eigenvalue weighted by Gasteiger charge is 2.01. The predicted octanol–water partition coefficient (Wildman–Crippen LogP) is 0.933. The maximum absolute atomic E-state index is 5.15. The van der Waals surface area contributed by atoms with Crippen LogP contribution in [0.2, 0.25) is 0 Å². The van der Waals surface area contributed by atoms with Gasteiger partial charge >= 0.3 is 0 Å². The van der Waals surface area contributed by atoms with Gasteiger partial charge in [0.15, 0.2) is 0 Å². The number of aromatic nitrogens is 2. The Labute approximate surface area is 99.5 Å². The molecule has 0 aliphatic rings. The van der Waals surface area contributed by atoms with E-state index >= 15 is 0 Å². The number of hydrogen-bond acceptors (Lipinski definition) is 3. The first-order valence-corrected chi connectivity index (χ1v) is 5.22. The number of fused-ring (bicyclic) bond motifs is 1. The molecule has 6 nitrogen and oxygen atoms in total. The first kappa shape index (κ1) is 10.6. The molecule has 1 aromatic heterocycles. The Morgan fingerprint density at radius 3 is 3.00 bits per heavy atom. The fourth-order valence-electron chi connectivity index (χ4n) is 1.24. The number of nitrogens with one attached hydrogen (secondary N) is 1. The number of hydrogen-bond donors (Lipinski definition) is 3. The van der Waals surface area contributed by atoms with Crippen LogP contribution in [0.5, 0.6) is 0 Å². The highest BCUT2D eigenvalue weighted by Crippen LogP contribution is 2.21. The van der Waals surface area contributed by atoms with Crippen LogP contribution in [0.3, 0.4) is 0 Å². The number of aromatic amines is 1. The summed E-state index contributed by atoms with van der Waals surface area (Å²) in [7, 11) is 0. The lowest BCUT2D eigenvalue weighted by molar-refractivity contribution is 1.10. The van der Waals surface area contributed by atoms with Crippen LogP contribution >= 0.6 is 15.9 Å². The van der Waals surface area contributed by atoms with Gasteiger partial charge in [-0.25, -0.2) is 0 Å². The summed E-state index contributed by atoms with van der Waals surface area (Å²) in [5, 5.41) is 15.1. The topological polar surface area (TPSA) is 105 Å². The van der Waals surface area contributed by atoms with Crippen LogP contribution in [0.4, 0.5) is 0 Å². The molecule has 5 N–H and O–H groups in total. The minimum atomic E-state index is -0.0678. The van der Waals surface area contributed by atoms with E-state index in [9.17, 15) is 0 Å². The summed E-state index contributed by atoms with van der Waals surface area (Å²) >= 11 is 3.36. The fraction of sp³-hybridized carbons (Fsp3) is 0. The Bertz CT molecular complexity index is 566. The molecule has 0 bridgehead atoms. The third kappa shape index (κ3) is 2.19. The first-order valence-electron chi connectivity index (χ1n) is 4.42. The van der Waals surface area contributed by atoms with E-state index in [-0.39, 0.29) is 5.96 Å². The summed E-state index contributed by atoms with van der Waals surface area (Å²) in [5.41, 5.74) is 12.1. The molecule has 82 valence electrons. The zero-order valence-corrected chi connectivity index (χ0v) is 9.77. The van der Waals surface area contributed by atoms with Crippen molar-refractivity contribution in [1.29, 1.82) is 0 Å². The zero-order valence-electron chi connectivity index (χ0n) is 8.18. The van der Waals surface area contributed by atoms with Crippen LogP contribution < -0.4 is 11.5 Å². The van der Waals surface area contributed by atoms with E-state index in [1.165, 1.54) is 0 Å². The molecule has 0 spiro atoms. The molecule has 0 atom stereocenters. The maximum atomic E-state index is 5.15. The van der Waals surface area contributed by atoms with Gasteiger partial charge in [0.1, 0.15) is 4.60 Å². The van der Waals surface area contributed by atoms with Crippen molar-refractivity contribution in [2.75, 3.05) is 0 Å². The lowest BCUT2D eigenvalue weighted by Crippen LogP contribution is -2.21. The Balaban J connectivity index is 2.35. The number of halogens is 1. The van der Waals surface area contributed by atoms with E-state index in [0.29, 0.717) is 0 Å². The van der Waals surface area contributed by atoms with Gasteiger partial charge in [-0.2, -0.15) is 10.2 Å². The van der Waals surface area contributed by atoms with Crippen molar-refractivity contribution in [2.24, 2.45) is 21.7 Å². The molecule has 1 aromatic carbocycles. The van der Waals surface area contributed by atoms with Gasteiger partial charge in [0.2, 0.25) is 5.96 Å². The summed E-state index contributed by atoms with van der Waals surface area (Å²) in [6.07, 6.45) is 1.57. The van der Waals surface area contributed by atoms with E-state index in [1.807, 2.05) is 18.2 Å². The number of H-pyrrole nitrogens is 1. The largest absolute Gasteiger partial charge is 0.369 e. The molecule has 2 rings (SSSR count). The van der Waals surface area contributed by atoms with E-state index in [1.54, 1.807) is 6.21 Å². The first-order chi connectivity index (χ1) is 7.66. The second-order valence-electron chi connectivity index (χ2n) is 3.08. The second kappa shape index (κ2) is 4.31. The third-order valence-electron chi connectivity index (χ3n) is 1.91. The molecule has 7 heteroatoms. The summed E-state index contributed by atoms with van der Waals surface area (Å²) in [6.45, 7) is 0. The normalized spacial score (nSPS) is 11.1. The predicted molar refractivity (Wildman–Crippen MR) is 67.2 cm³/mol. The lowest BCUT2D eigenvalue weighted by Gasteiger charge is -1.92. The number of guanidine groups is 1. The highest BCUT2D eigenvalue weighted by atomic mass is 79.9. The smallest absolute Gasteiger partial charge is 0.211 e. The lowest BCUT2D eigenvalue weighted by atomic mass is 10.2. The summed E-state index contributed by atoms with van der Waals surface area (Å²) in [4.78, 5) is 0. The molecule has 1 heterocycles. The summed E-state index contributed by atoms with van der Waals surface area (Å²) in [5.74, 6) is -0.0678. The van der Waals surface area contributed by atoms with Crippen LogP contribution in [0.1, 0.15) is 5.56 Å². The van der Waals surface area contributed by atoms with Gasteiger partial charge in [0.05, 0.1) is 11.7 Å². The minimum absolute atomic E-state index is 0.0678. The van der Waals surface area contributed by atoms with E-state index in [4.69, 9.17) is 11.5 Å². The van der Waals surface area contributed by atoms with Crippen molar-refractivity contribution in [1.82, 2.24) is 10.2 Å². The van der Waals surface area contributed by atoms with Crippen LogP contribution in [0, 0.1) is 0 Å². The summed E-state index contributed by atoms with van der Waals surface area (Å²) < 4.78 is 0.833. The van der Waals surface area contributed by atoms with Gasteiger partial charge in [-0.15, -0.1) is 5.10 Å². The standard InChI is InChI=1S/C9H9BrN6/c10-8-6-3-5(4-13-16-9(11)12)1-2-7(6)14-15-8/h1-4H,(H,14,15)(H4,11,12,16). The average Bonchev–Trinajstić information content (AvgIpc) is 2.60. The van der Waals surface area contributed by atoms with Crippen LogP contribution in [-0.4, -0.2) is 22.4 Å². The van der Waals surface area contributed by atoms with Gasteiger partial charge in [-0.3, -0.25) is 5.10 Å². The maximum Gasteiger partial charge on any atom is 0.211 e. The van der Waals surface area contributed by atoms with Crippen LogP contribution in [-0.2, 0) is 0 Å². The molecule has 2 aromatic rings. The molecule has 0 unspecified atom stereocenters. The number of rotatable bonds is 2. The Morgan fingerprint density at radius 1 is 1.44 bits per heavy atom. The third-order valence-corrected chi connectivity index (χ3v) is 2.52. The molecular formula is C9H9BrN6. The van der Waals surface area contributed by atoms with Crippen LogP contribution in [0.15, 0.2) is 33.0 Å². The molecule has 0 radical (unpaired) electrons. The Morgan fingerprint density at radius 2 is 2.25 bits per heavy atom. The van der Waals surface area contributed by atoms with Crippen LogP contribution in [0.25, 0.3) is 10.9 Å². The van der Waals surface area contributed by atoms with Gasteiger partial charge in [0.25, 0.3) is 0 Å². The molecule has 16 heavy (non-hydrogen) atoms. The monoisotopic (exact) mass is 280 g/mol. The fourth-order valence-corrected chi connectivity index (χ4v) is 1.65. The molecule has 0 amide bonds. The van der Waals surface area contributed by atoms with Crippen molar-refractivity contribution in [3.8, 4) is 0 Å². The number of benzene rings is 1. The van der Waals surface area contributed by atoms with Crippen molar-refractivity contribution >= 4 is 39.0 Å². The molecule has 0 saturated heterocycles. The number of nitrogens with two attached hydrogens (primary N) is 2. The van der Waals surface area contributed by atoms with Gasteiger partial charge in [-0.05, 0) is 33.6 Å². The minimum Gasteiger partial charge on any atom is -0.369 e. The van der Waals surface area contributed by atoms with E-state index < -0.39 is 0 Å². The molecule has 0 aliphatic carbocycles. The van der Waals surface area contributed by atoms with Crippen molar-refractivity contribution in [3.63, 3.8) is 0 Å². The SMILES string of the molecule is NC(N)=NN=Cc1ccc2n[nH]c(Br)c2c1. The molecule has 0 saturated carbocycles. The average molecular weight is 281 g/mol. The van der Waals surface area contributed by atoms with Crippen molar-refractivity contribution in [2.45, 2.75) is 0 Å². The zero-order chi connectivity index (χ0) is 11.5. The van der Waals surface area contributed by atoms with Gasteiger partial charge in [-0.1, -0.05) is 6.07 Å². The second-order valence-corrected chi connectivity index (χ2v) is 3.88. The van der Waals surface area contributed by atoms with Crippen molar-refractivity contribution < 1.29 is 0 Å². The van der Waals surface area contributed by atoms with Crippen molar-refractivity contribution in [3.05, 3.63) is 28.4 Å². The molecule has 0 fully saturated rings. The molecule has 0 aliphatic heterocycles. The van der Waals surface area contributed by atoms with Gasteiger partial charge in [0, 0.05) is 5.39 Å². The van der Waals surface area contributed by atoms with Gasteiger partial charge < -0.3 is 11.5 Å².